The molecule has 5 nitrogen and oxygen atoms in total. The maximum Gasteiger partial charge on any atom is 0.255 e. The van der Waals surface area contributed by atoms with E-state index in [9.17, 15) is 4.79 Å². The van der Waals surface area contributed by atoms with Crippen molar-refractivity contribution in [2.24, 2.45) is 5.84 Å². The van der Waals surface area contributed by atoms with E-state index in [0.717, 1.165) is 5.69 Å². The van der Waals surface area contributed by atoms with E-state index in [1.807, 2.05) is 6.92 Å². The molecule has 1 aromatic carbocycles. The molecule has 0 radical (unpaired) electrons. The highest BCUT2D eigenvalue weighted by atomic mass is 79.9. The number of carbonyl (C=O) groups excluding carboxylic acids is 1. The zero-order valence-electron chi connectivity index (χ0n) is 11.3. The van der Waals surface area contributed by atoms with Crippen molar-refractivity contribution in [3.63, 3.8) is 0 Å². The largest absolute Gasteiger partial charge is 0.321 e. The fraction of sp³-hybridized carbons (Fsp3) is 0.143. The van der Waals surface area contributed by atoms with Crippen LogP contribution in [0.4, 0.5) is 11.5 Å². The number of nitrogens with one attached hydrogen (secondary N) is 2. The number of hydrazine groups is 1. The van der Waals surface area contributed by atoms with E-state index < -0.39 is 0 Å². The molecule has 21 heavy (non-hydrogen) atoms. The molecular weight excluding hydrogens is 356 g/mol. The monoisotopic (exact) mass is 368 g/mol. The number of nitrogens with zero attached hydrogens (tertiary/aromatic N) is 1. The second-order valence-corrected chi connectivity index (χ2v) is 5.49. The van der Waals surface area contributed by atoms with Gasteiger partial charge in [0, 0.05) is 11.3 Å². The first-order valence-corrected chi connectivity index (χ1v) is 7.45. The Hall–Kier alpha value is -1.63. The molecule has 2 aromatic rings. The molecule has 1 heterocycles. The number of hydrogen-bond acceptors (Lipinski definition) is 4. The number of nitrogens with two attached hydrogens (primary N) is 1. The number of aryl methyl sites for hydroxylation is 1. The van der Waals surface area contributed by atoms with Crippen molar-refractivity contribution in [2.45, 2.75) is 13.3 Å². The Kier molecular flexibility index (Phi) is 5.17. The van der Waals surface area contributed by atoms with Crippen molar-refractivity contribution in [2.75, 3.05) is 10.7 Å². The fourth-order valence-electron chi connectivity index (χ4n) is 1.77. The fourth-order valence-corrected chi connectivity index (χ4v) is 2.31. The summed E-state index contributed by atoms with van der Waals surface area (Å²) in [5.41, 5.74) is 4.31. The third-order valence-electron chi connectivity index (χ3n) is 2.85. The van der Waals surface area contributed by atoms with Gasteiger partial charge in [0.15, 0.2) is 0 Å². The minimum atomic E-state index is -0.258. The lowest BCUT2D eigenvalue weighted by Crippen LogP contribution is -2.15. The van der Waals surface area contributed by atoms with Crippen LogP contribution in [0.5, 0.6) is 0 Å². The lowest BCUT2D eigenvalue weighted by Gasteiger charge is -2.10. The molecule has 1 amide bonds. The molecule has 0 atom stereocenters. The Labute approximate surface area is 136 Å². The van der Waals surface area contributed by atoms with Gasteiger partial charge in [-0.05, 0) is 46.6 Å². The highest BCUT2D eigenvalue weighted by molar-refractivity contribution is 9.10. The van der Waals surface area contributed by atoms with E-state index >= 15 is 0 Å². The number of benzene rings is 1. The van der Waals surface area contributed by atoms with Gasteiger partial charge in [0.1, 0.15) is 5.82 Å². The lowest BCUT2D eigenvalue weighted by atomic mass is 10.1. The van der Waals surface area contributed by atoms with Gasteiger partial charge < -0.3 is 10.7 Å². The number of pyridine rings is 1. The Balaban J connectivity index is 2.30. The highest BCUT2D eigenvalue weighted by Crippen LogP contribution is 2.30. The average Bonchev–Trinajstić information content (AvgIpc) is 2.51. The van der Waals surface area contributed by atoms with E-state index in [-0.39, 0.29) is 5.91 Å². The average molecular weight is 370 g/mol. The molecule has 4 N–H and O–H groups in total. The zero-order chi connectivity index (χ0) is 15.4. The molecule has 0 aliphatic rings. The van der Waals surface area contributed by atoms with E-state index in [2.05, 4.69) is 31.7 Å². The summed E-state index contributed by atoms with van der Waals surface area (Å²) in [6, 6.07) is 8.58. The predicted molar refractivity (Wildman–Crippen MR) is 88.5 cm³/mol. The number of hydrogen-bond donors (Lipinski definition) is 3. The number of aromatic nitrogens is 1. The van der Waals surface area contributed by atoms with E-state index in [0.29, 0.717) is 33.0 Å². The van der Waals surface area contributed by atoms with Crippen LogP contribution in [0.1, 0.15) is 23.0 Å². The summed E-state index contributed by atoms with van der Waals surface area (Å²) >= 11 is 9.35. The number of rotatable bonds is 4. The first-order chi connectivity index (χ1) is 10.0. The molecule has 7 heteroatoms. The van der Waals surface area contributed by atoms with Gasteiger partial charge in [-0.1, -0.05) is 24.6 Å². The van der Waals surface area contributed by atoms with E-state index in [1.165, 1.54) is 0 Å². The standard InChI is InChI=1S/C14H14BrClN4O/c1-2-9-6-8(7-12(18-9)20-17)14(21)19-11-5-3-4-10(16)13(11)15/h3-7H,2,17H2,1H3,(H,18,20)(H,19,21). The molecule has 0 bridgehead atoms. The molecular formula is C14H14BrClN4O. The van der Waals surface area contributed by atoms with Crippen LogP contribution in [0.2, 0.25) is 5.02 Å². The SMILES string of the molecule is CCc1cc(C(=O)Nc2cccc(Cl)c2Br)cc(NN)n1. The summed E-state index contributed by atoms with van der Waals surface area (Å²) in [6.07, 6.45) is 0.705. The summed E-state index contributed by atoms with van der Waals surface area (Å²) in [5, 5.41) is 3.33. The zero-order valence-corrected chi connectivity index (χ0v) is 13.6. The minimum absolute atomic E-state index is 0.258. The van der Waals surface area contributed by atoms with Gasteiger partial charge in [0.25, 0.3) is 5.91 Å². The summed E-state index contributed by atoms with van der Waals surface area (Å²) in [7, 11) is 0. The number of carbonyl (C=O) groups is 1. The first-order valence-electron chi connectivity index (χ1n) is 6.28. The van der Waals surface area contributed by atoms with Crippen molar-refractivity contribution < 1.29 is 4.79 Å². The lowest BCUT2D eigenvalue weighted by molar-refractivity contribution is 0.102. The molecule has 2 rings (SSSR count). The van der Waals surface area contributed by atoms with E-state index in [4.69, 9.17) is 17.4 Å². The molecule has 0 aliphatic heterocycles. The van der Waals surface area contributed by atoms with Crippen molar-refractivity contribution >= 4 is 44.9 Å². The second-order valence-electron chi connectivity index (χ2n) is 4.29. The predicted octanol–water partition coefficient (Wildman–Crippen LogP) is 3.60. The molecule has 110 valence electrons. The Morgan fingerprint density at radius 3 is 2.86 bits per heavy atom. The highest BCUT2D eigenvalue weighted by Gasteiger charge is 2.12. The molecule has 0 saturated carbocycles. The normalized spacial score (nSPS) is 10.3. The molecule has 0 saturated heterocycles. The summed E-state index contributed by atoms with van der Waals surface area (Å²) in [5.74, 6) is 5.56. The molecule has 1 aromatic heterocycles. The number of nitrogen functional groups attached to an aromatic ring is 1. The Bertz CT molecular complexity index is 656. The third-order valence-corrected chi connectivity index (χ3v) is 4.25. The van der Waals surface area contributed by atoms with Crippen LogP contribution in [0.3, 0.4) is 0 Å². The first kappa shape index (κ1) is 15.8. The van der Waals surface area contributed by atoms with Gasteiger partial charge in [-0.15, -0.1) is 0 Å². The van der Waals surface area contributed by atoms with Gasteiger partial charge in [0.05, 0.1) is 15.2 Å². The van der Waals surface area contributed by atoms with E-state index in [1.54, 1.807) is 30.3 Å². The van der Waals surface area contributed by atoms with Gasteiger partial charge in [-0.2, -0.15) is 0 Å². The van der Waals surface area contributed by atoms with Crippen LogP contribution < -0.4 is 16.6 Å². The number of anilines is 2. The van der Waals surface area contributed by atoms with Crippen molar-refractivity contribution in [3.8, 4) is 0 Å². The Morgan fingerprint density at radius 2 is 2.19 bits per heavy atom. The second kappa shape index (κ2) is 6.89. The molecule has 0 aliphatic carbocycles. The van der Waals surface area contributed by atoms with Crippen LogP contribution in [0, 0.1) is 0 Å². The van der Waals surface area contributed by atoms with Crippen LogP contribution in [-0.2, 0) is 6.42 Å². The van der Waals surface area contributed by atoms with Gasteiger partial charge >= 0.3 is 0 Å². The molecule has 0 spiro atoms. The Morgan fingerprint density at radius 1 is 1.43 bits per heavy atom. The summed E-state index contributed by atoms with van der Waals surface area (Å²) < 4.78 is 0.641. The minimum Gasteiger partial charge on any atom is -0.321 e. The van der Waals surface area contributed by atoms with Crippen molar-refractivity contribution in [3.05, 3.63) is 51.1 Å². The molecule has 0 unspecified atom stereocenters. The topological polar surface area (TPSA) is 80.0 Å². The maximum absolute atomic E-state index is 12.3. The van der Waals surface area contributed by atoms with Crippen molar-refractivity contribution in [1.82, 2.24) is 4.98 Å². The maximum atomic E-state index is 12.3. The number of amides is 1. The summed E-state index contributed by atoms with van der Waals surface area (Å²) in [4.78, 5) is 16.6. The van der Waals surface area contributed by atoms with Crippen LogP contribution in [0.25, 0.3) is 0 Å². The smallest absolute Gasteiger partial charge is 0.255 e. The van der Waals surface area contributed by atoms with Crippen LogP contribution >= 0.6 is 27.5 Å². The van der Waals surface area contributed by atoms with Gasteiger partial charge in [0.2, 0.25) is 0 Å². The van der Waals surface area contributed by atoms with Crippen LogP contribution in [-0.4, -0.2) is 10.9 Å². The van der Waals surface area contributed by atoms with Crippen LogP contribution in [0.15, 0.2) is 34.8 Å². The molecule has 0 fully saturated rings. The number of halogens is 2. The van der Waals surface area contributed by atoms with Crippen molar-refractivity contribution in [1.29, 1.82) is 0 Å². The van der Waals surface area contributed by atoms with Gasteiger partial charge in [-0.3, -0.25) is 4.79 Å². The quantitative estimate of drug-likeness (QED) is 0.568. The van der Waals surface area contributed by atoms with Gasteiger partial charge in [-0.25, -0.2) is 10.8 Å². The third kappa shape index (κ3) is 3.72. The summed E-state index contributed by atoms with van der Waals surface area (Å²) in [6.45, 7) is 1.96.